The first-order chi connectivity index (χ1) is 4.75. The number of hydrazine groups is 1. The van der Waals surface area contributed by atoms with Gasteiger partial charge in [0.2, 0.25) is 0 Å². The molecule has 60 valence electrons. The summed E-state index contributed by atoms with van der Waals surface area (Å²) in [4.78, 5) is 0. The highest BCUT2D eigenvalue weighted by Crippen LogP contribution is 2.25. The van der Waals surface area contributed by atoms with Crippen molar-refractivity contribution in [2.24, 2.45) is 5.14 Å². The zero-order chi connectivity index (χ0) is 7.56. The van der Waals surface area contributed by atoms with Gasteiger partial charge in [0.15, 0.2) is 0 Å². The molecule has 1 aliphatic carbocycles. The van der Waals surface area contributed by atoms with Crippen molar-refractivity contribution in [3.8, 4) is 0 Å². The molecule has 0 heterocycles. The molecule has 0 aromatic rings. The van der Waals surface area contributed by atoms with E-state index in [0.717, 1.165) is 29.6 Å². The number of rotatable bonds is 3. The zero-order valence-corrected chi connectivity index (χ0v) is 6.84. The Morgan fingerprint density at radius 2 is 2.20 bits per heavy atom. The van der Waals surface area contributed by atoms with E-state index < -0.39 is 0 Å². The van der Waals surface area contributed by atoms with Crippen LogP contribution in [-0.4, -0.2) is 27.9 Å². The van der Waals surface area contributed by atoms with Gasteiger partial charge in [0.05, 0.1) is 0 Å². The smallest absolute Gasteiger partial charge is 0.0480 e. The van der Waals surface area contributed by atoms with Crippen LogP contribution < -0.4 is 5.14 Å². The van der Waals surface area contributed by atoms with Crippen molar-refractivity contribution >= 4 is 12.1 Å². The summed E-state index contributed by atoms with van der Waals surface area (Å²) in [7, 11) is 1.84. The molecular formula is C5H13N3OS. The molecule has 0 aromatic carbocycles. The van der Waals surface area contributed by atoms with E-state index in [0.29, 0.717) is 6.04 Å². The Labute approximate surface area is 65.2 Å². The van der Waals surface area contributed by atoms with Crippen molar-refractivity contribution < 1.29 is 5.21 Å². The molecule has 0 spiro atoms. The van der Waals surface area contributed by atoms with Gasteiger partial charge in [-0.3, -0.25) is 10.3 Å². The standard InChI is InChI=1S/C5H13N3OS/c1-7(8(9)10-6)5-3-2-4-5/h5,9H,2-4,6H2,1H3. The van der Waals surface area contributed by atoms with Gasteiger partial charge < -0.3 is 0 Å². The molecule has 1 aliphatic rings. The lowest BCUT2D eigenvalue weighted by atomic mass is 9.93. The predicted molar refractivity (Wildman–Crippen MR) is 40.8 cm³/mol. The monoisotopic (exact) mass is 163 g/mol. The Morgan fingerprint density at radius 3 is 2.50 bits per heavy atom. The van der Waals surface area contributed by atoms with Crippen LogP contribution in [0.5, 0.6) is 0 Å². The highest BCUT2D eigenvalue weighted by atomic mass is 32.2. The quantitative estimate of drug-likeness (QED) is 0.471. The van der Waals surface area contributed by atoms with Crippen molar-refractivity contribution in [3.63, 3.8) is 0 Å². The number of nitrogens with two attached hydrogens (primary N) is 1. The van der Waals surface area contributed by atoms with Crippen LogP contribution in [-0.2, 0) is 0 Å². The van der Waals surface area contributed by atoms with Crippen LogP contribution in [0.15, 0.2) is 0 Å². The molecule has 0 unspecified atom stereocenters. The van der Waals surface area contributed by atoms with Gasteiger partial charge in [-0.05, 0) is 17.4 Å². The Kier molecular flexibility index (Phi) is 2.94. The molecule has 0 aromatic heterocycles. The third kappa shape index (κ3) is 1.62. The van der Waals surface area contributed by atoms with Crippen LogP contribution in [0.1, 0.15) is 19.3 Å². The molecule has 3 N–H and O–H groups in total. The first-order valence-corrected chi connectivity index (χ1v) is 4.18. The Morgan fingerprint density at radius 1 is 1.60 bits per heavy atom. The minimum Gasteiger partial charge on any atom is -0.288 e. The summed E-state index contributed by atoms with van der Waals surface area (Å²) in [5.41, 5.74) is 0. The lowest BCUT2D eigenvalue weighted by Crippen LogP contribution is -2.44. The van der Waals surface area contributed by atoms with E-state index in [2.05, 4.69) is 0 Å². The second-order valence-corrected chi connectivity index (χ2v) is 3.05. The van der Waals surface area contributed by atoms with Gasteiger partial charge in [-0.25, -0.2) is 5.01 Å². The zero-order valence-electron chi connectivity index (χ0n) is 6.03. The lowest BCUT2D eigenvalue weighted by Gasteiger charge is -2.36. The summed E-state index contributed by atoms with van der Waals surface area (Å²) < 4.78 is 0.976. The van der Waals surface area contributed by atoms with Crippen LogP contribution in [0.4, 0.5) is 0 Å². The van der Waals surface area contributed by atoms with Gasteiger partial charge in [-0.2, -0.15) is 0 Å². The fourth-order valence-electron chi connectivity index (χ4n) is 0.974. The second kappa shape index (κ2) is 3.54. The third-order valence-corrected chi connectivity index (χ3v) is 2.41. The molecule has 0 aliphatic heterocycles. The molecule has 0 radical (unpaired) electrons. The molecule has 0 saturated heterocycles. The largest absolute Gasteiger partial charge is 0.288 e. The van der Waals surface area contributed by atoms with E-state index >= 15 is 0 Å². The SMILES string of the molecule is CN(C1CCC1)N(O)SN. The summed E-state index contributed by atoms with van der Waals surface area (Å²) in [6, 6.07) is 0.487. The van der Waals surface area contributed by atoms with Crippen LogP contribution >= 0.6 is 12.1 Å². The Bertz CT molecular complexity index is 104. The van der Waals surface area contributed by atoms with Gasteiger partial charge in [-0.1, -0.05) is 6.42 Å². The molecular weight excluding hydrogens is 150 g/mol. The van der Waals surface area contributed by atoms with Crippen molar-refractivity contribution in [1.82, 2.24) is 9.59 Å². The van der Waals surface area contributed by atoms with Gasteiger partial charge in [0.25, 0.3) is 0 Å². The summed E-state index contributed by atoms with van der Waals surface area (Å²) in [6.45, 7) is 0. The van der Waals surface area contributed by atoms with Crippen LogP contribution in [0, 0.1) is 0 Å². The normalized spacial score (nSPS) is 20.1. The Balaban J connectivity index is 2.24. The Hall–Kier alpha value is 0.190. The summed E-state index contributed by atoms with van der Waals surface area (Å²) in [5.74, 6) is 0. The molecule has 0 bridgehead atoms. The molecule has 0 atom stereocenters. The minimum atomic E-state index is 0.487. The molecule has 4 nitrogen and oxygen atoms in total. The molecule has 1 rings (SSSR count). The topological polar surface area (TPSA) is 52.7 Å². The van der Waals surface area contributed by atoms with E-state index in [1.807, 2.05) is 7.05 Å². The summed E-state index contributed by atoms with van der Waals surface area (Å²) in [6.07, 6.45) is 3.58. The lowest BCUT2D eigenvalue weighted by molar-refractivity contribution is -0.175. The van der Waals surface area contributed by atoms with E-state index in [1.165, 1.54) is 6.42 Å². The van der Waals surface area contributed by atoms with Crippen LogP contribution in [0.3, 0.4) is 0 Å². The summed E-state index contributed by atoms with van der Waals surface area (Å²) >= 11 is 0.825. The molecule has 1 fully saturated rings. The molecule has 0 amide bonds. The van der Waals surface area contributed by atoms with Crippen molar-refractivity contribution in [3.05, 3.63) is 0 Å². The maximum Gasteiger partial charge on any atom is 0.0480 e. The van der Waals surface area contributed by atoms with Crippen LogP contribution in [0.25, 0.3) is 0 Å². The maximum atomic E-state index is 9.06. The van der Waals surface area contributed by atoms with Crippen molar-refractivity contribution in [1.29, 1.82) is 0 Å². The van der Waals surface area contributed by atoms with Crippen molar-refractivity contribution in [2.45, 2.75) is 25.3 Å². The number of nitrogens with zero attached hydrogens (tertiary/aromatic N) is 2. The summed E-state index contributed by atoms with van der Waals surface area (Å²) in [5, 5.41) is 16.0. The number of hydrogen-bond donors (Lipinski definition) is 2. The predicted octanol–water partition coefficient (Wildman–Crippen LogP) is 0.599. The van der Waals surface area contributed by atoms with Gasteiger partial charge in [-0.15, -0.1) is 0 Å². The highest BCUT2D eigenvalue weighted by molar-refractivity contribution is 7.94. The highest BCUT2D eigenvalue weighted by Gasteiger charge is 2.25. The maximum absolute atomic E-state index is 9.06. The van der Waals surface area contributed by atoms with Gasteiger partial charge in [0, 0.05) is 25.2 Å². The fraction of sp³-hybridized carbons (Fsp3) is 1.00. The minimum absolute atomic E-state index is 0.487. The van der Waals surface area contributed by atoms with Gasteiger partial charge in [0.1, 0.15) is 0 Å². The average Bonchev–Trinajstić information content (AvgIpc) is 1.82. The molecule has 5 heteroatoms. The first kappa shape index (κ1) is 8.29. The van der Waals surface area contributed by atoms with E-state index in [4.69, 9.17) is 10.3 Å². The van der Waals surface area contributed by atoms with E-state index in [9.17, 15) is 0 Å². The van der Waals surface area contributed by atoms with E-state index in [1.54, 1.807) is 5.01 Å². The number of hydrogen-bond acceptors (Lipinski definition) is 5. The van der Waals surface area contributed by atoms with E-state index in [-0.39, 0.29) is 0 Å². The second-order valence-electron chi connectivity index (χ2n) is 2.52. The fourth-order valence-corrected chi connectivity index (χ4v) is 1.26. The molecule has 10 heavy (non-hydrogen) atoms. The van der Waals surface area contributed by atoms with Crippen LogP contribution in [0.2, 0.25) is 0 Å². The van der Waals surface area contributed by atoms with Gasteiger partial charge >= 0.3 is 0 Å². The third-order valence-electron chi connectivity index (χ3n) is 1.97. The van der Waals surface area contributed by atoms with Crippen molar-refractivity contribution in [2.75, 3.05) is 7.05 Å². The first-order valence-electron chi connectivity index (χ1n) is 3.34. The average molecular weight is 163 g/mol. The molecule has 1 saturated carbocycles.